The second-order valence-electron chi connectivity index (χ2n) is 9.03. The summed E-state index contributed by atoms with van der Waals surface area (Å²) in [5.41, 5.74) is 2.55. The number of nitrogens with zero attached hydrogens (tertiary/aromatic N) is 2. The molecular formula is C30H27N3O2. The SMILES string of the molecule is C(/C1=N[C@@H](Cc2ccccc2)CO1)=c1/[nH]/c(=C\C2=N[C@@H](Cc3ccccc3)CO2)c2ccccc12. The molecule has 5 heteroatoms. The van der Waals surface area contributed by atoms with Crippen molar-refractivity contribution in [1.82, 2.24) is 4.98 Å². The summed E-state index contributed by atoms with van der Waals surface area (Å²) in [4.78, 5) is 13.2. The molecule has 3 heterocycles. The fraction of sp³-hybridized carbons (Fsp3) is 0.200. The lowest BCUT2D eigenvalue weighted by Crippen LogP contribution is -2.14. The van der Waals surface area contributed by atoms with Crippen molar-refractivity contribution in [3.05, 3.63) is 107 Å². The maximum absolute atomic E-state index is 5.92. The third-order valence-electron chi connectivity index (χ3n) is 6.41. The molecule has 3 aromatic carbocycles. The Morgan fingerprint density at radius 1 is 0.629 bits per heavy atom. The predicted octanol–water partition coefficient (Wildman–Crippen LogP) is 3.81. The molecule has 0 fully saturated rings. The summed E-state index contributed by atoms with van der Waals surface area (Å²) in [5.74, 6) is 1.34. The molecule has 1 N–H and O–H groups in total. The molecule has 2 aliphatic rings. The first-order valence-electron chi connectivity index (χ1n) is 12.1. The number of rotatable bonds is 6. The zero-order chi connectivity index (χ0) is 23.5. The third kappa shape index (κ3) is 4.90. The molecule has 0 aliphatic carbocycles. The summed E-state index contributed by atoms with van der Waals surface area (Å²) in [6, 6.07) is 29.5. The van der Waals surface area contributed by atoms with Crippen molar-refractivity contribution in [2.75, 3.05) is 13.2 Å². The van der Waals surface area contributed by atoms with Crippen molar-refractivity contribution in [1.29, 1.82) is 0 Å². The van der Waals surface area contributed by atoms with E-state index in [-0.39, 0.29) is 12.1 Å². The van der Waals surface area contributed by atoms with Crippen LogP contribution in [0.15, 0.2) is 94.9 Å². The van der Waals surface area contributed by atoms with E-state index in [0.717, 1.165) is 34.3 Å². The van der Waals surface area contributed by atoms with Crippen molar-refractivity contribution in [3.8, 4) is 0 Å². The van der Waals surface area contributed by atoms with Crippen LogP contribution >= 0.6 is 0 Å². The van der Waals surface area contributed by atoms with Crippen molar-refractivity contribution < 1.29 is 9.47 Å². The van der Waals surface area contributed by atoms with E-state index in [1.807, 2.05) is 36.4 Å². The number of H-pyrrole nitrogens is 1. The smallest absolute Gasteiger partial charge is 0.211 e. The van der Waals surface area contributed by atoms with Crippen LogP contribution in [0, 0.1) is 0 Å². The van der Waals surface area contributed by atoms with Gasteiger partial charge in [-0.25, -0.2) is 9.98 Å². The molecule has 2 atom stereocenters. The molecule has 4 aromatic rings. The van der Waals surface area contributed by atoms with Crippen LogP contribution < -0.4 is 10.7 Å². The Labute approximate surface area is 204 Å². The molecule has 0 radical (unpaired) electrons. The van der Waals surface area contributed by atoms with E-state index < -0.39 is 0 Å². The van der Waals surface area contributed by atoms with Gasteiger partial charge < -0.3 is 14.5 Å². The summed E-state index contributed by atoms with van der Waals surface area (Å²) in [7, 11) is 0. The fourth-order valence-corrected chi connectivity index (χ4v) is 4.72. The van der Waals surface area contributed by atoms with E-state index >= 15 is 0 Å². The summed E-state index contributed by atoms with van der Waals surface area (Å²) in [5, 5.41) is 4.20. The molecule has 0 unspecified atom stereocenters. The van der Waals surface area contributed by atoms with Crippen molar-refractivity contribution >= 4 is 34.7 Å². The Balaban J connectivity index is 1.27. The zero-order valence-electron chi connectivity index (χ0n) is 19.4. The van der Waals surface area contributed by atoms with Crippen molar-refractivity contribution in [2.24, 2.45) is 9.98 Å². The number of aromatic nitrogens is 1. The number of benzene rings is 3. The van der Waals surface area contributed by atoms with E-state index in [9.17, 15) is 0 Å². The lowest BCUT2D eigenvalue weighted by molar-refractivity contribution is 0.320. The van der Waals surface area contributed by atoms with Gasteiger partial charge in [0.25, 0.3) is 0 Å². The summed E-state index contributed by atoms with van der Waals surface area (Å²) in [6.07, 6.45) is 5.76. The Bertz CT molecular complexity index is 1390. The number of hydrogen-bond acceptors (Lipinski definition) is 4. The summed E-state index contributed by atoms with van der Waals surface area (Å²) in [6.45, 7) is 1.21. The first-order valence-corrected chi connectivity index (χ1v) is 12.1. The van der Waals surface area contributed by atoms with E-state index in [0.29, 0.717) is 25.0 Å². The van der Waals surface area contributed by atoms with E-state index in [2.05, 4.69) is 65.6 Å². The third-order valence-corrected chi connectivity index (χ3v) is 6.41. The number of hydrogen-bond donors (Lipinski definition) is 1. The van der Waals surface area contributed by atoms with Gasteiger partial charge in [-0.15, -0.1) is 0 Å². The van der Waals surface area contributed by atoms with Crippen LogP contribution in [0.5, 0.6) is 0 Å². The molecule has 174 valence electrons. The Kier molecular flexibility index (Phi) is 5.89. The minimum Gasteiger partial charge on any atom is -0.476 e. The Morgan fingerprint density at radius 3 is 1.51 bits per heavy atom. The lowest BCUT2D eigenvalue weighted by atomic mass is 10.1. The summed E-state index contributed by atoms with van der Waals surface area (Å²) >= 11 is 0. The molecule has 35 heavy (non-hydrogen) atoms. The maximum Gasteiger partial charge on any atom is 0.211 e. The molecule has 0 saturated heterocycles. The topological polar surface area (TPSA) is 59.0 Å². The molecule has 0 bridgehead atoms. The molecule has 6 rings (SSSR count). The average Bonchev–Trinajstić information content (AvgIpc) is 3.61. The normalized spacial score (nSPS) is 20.6. The minimum atomic E-state index is 0.138. The molecule has 0 amide bonds. The standard InChI is InChI=1S/C30H27N3O2/c1-3-9-21(10-4-1)15-23-19-34-29(31-23)17-27-25-13-7-8-14-26(25)28(33-27)18-30-32-24(20-35-30)16-22-11-5-2-6-12-22/h1-14,17-18,23-24,33H,15-16,19-20H2/b27-17-,28-18-/t23-,24-/m0/s1. The second kappa shape index (κ2) is 9.63. The van der Waals surface area contributed by atoms with Gasteiger partial charge in [0.05, 0.1) is 22.8 Å². The highest BCUT2D eigenvalue weighted by atomic mass is 16.5. The zero-order valence-corrected chi connectivity index (χ0v) is 19.4. The first-order chi connectivity index (χ1) is 17.3. The van der Waals surface area contributed by atoms with E-state index in [1.165, 1.54) is 11.1 Å². The van der Waals surface area contributed by atoms with Gasteiger partial charge in [0, 0.05) is 22.9 Å². The van der Waals surface area contributed by atoms with Gasteiger partial charge in [-0.2, -0.15) is 0 Å². The van der Waals surface area contributed by atoms with Gasteiger partial charge in [-0.3, -0.25) is 0 Å². The second-order valence-corrected chi connectivity index (χ2v) is 9.03. The maximum atomic E-state index is 5.92. The van der Waals surface area contributed by atoms with Gasteiger partial charge in [0.15, 0.2) is 0 Å². The first kappa shape index (κ1) is 21.4. The number of nitrogens with one attached hydrogen (secondary N) is 1. The Hall–Kier alpha value is -4.12. The number of aromatic amines is 1. The van der Waals surface area contributed by atoms with E-state index in [4.69, 9.17) is 19.5 Å². The fourth-order valence-electron chi connectivity index (χ4n) is 4.72. The molecule has 5 nitrogen and oxygen atoms in total. The largest absolute Gasteiger partial charge is 0.476 e. The van der Waals surface area contributed by atoms with Crippen molar-refractivity contribution in [2.45, 2.75) is 24.9 Å². The lowest BCUT2D eigenvalue weighted by Gasteiger charge is -2.03. The van der Waals surface area contributed by atoms with E-state index in [1.54, 1.807) is 0 Å². The molecule has 1 aromatic heterocycles. The number of fused-ring (bicyclic) bond motifs is 1. The average molecular weight is 462 g/mol. The molecule has 2 aliphatic heterocycles. The van der Waals surface area contributed by atoms with Crippen LogP contribution in [-0.2, 0) is 22.3 Å². The van der Waals surface area contributed by atoms with Crippen LogP contribution in [0.1, 0.15) is 11.1 Å². The van der Waals surface area contributed by atoms with Gasteiger partial charge in [0.1, 0.15) is 13.2 Å². The molecule has 0 spiro atoms. The van der Waals surface area contributed by atoms with Gasteiger partial charge in [-0.05, 0) is 24.0 Å². The van der Waals surface area contributed by atoms with Gasteiger partial charge in [0.2, 0.25) is 11.8 Å². The van der Waals surface area contributed by atoms with Crippen LogP contribution in [0.4, 0.5) is 0 Å². The Morgan fingerprint density at radius 2 is 1.06 bits per heavy atom. The highest BCUT2D eigenvalue weighted by Crippen LogP contribution is 2.14. The number of aliphatic imine (C=N–C) groups is 2. The quantitative estimate of drug-likeness (QED) is 0.475. The highest BCUT2D eigenvalue weighted by molar-refractivity contribution is 6.09. The minimum absolute atomic E-state index is 0.138. The van der Waals surface area contributed by atoms with Gasteiger partial charge in [-0.1, -0.05) is 84.9 Å². The van der Waals surface area contributed by atoms with Crippen LogP contribution in [0.25, 0.3) is 22.9 Å². The predicted molar refractivity (Wildman–Crippen MR) is 141 cm³/mol. The summed E-state index contributed by atoms with van der Waals surface area (Å²) < 4.78 is 11.8. The van der Waals surface area contributed by atoms with Crippen LogP contribution in [0.3, 0.4) is 0 Å². The monoisotopic (exact) mass is 461 g/mol. The van der Waals surface area contributed by atoms with Crippen molar-refractivity contribution in [3.63, 3.8) is 0 Å². The highest BCUT2D eigenvalue weighted by Gasteiger charge is 2.19. The molecular weight excluding hydrogens is 434 g/mol. The number of ether oxygens (including phenoxy) is 2. The molecule has 0 saturated carbocycles. The van der Waals surface area contributed by atoms with Gasteiger partial charge >= 0.3 is 0 Å². The van der Waals surface area contributed by atoms with Crippen LogP contribution in [0.2, 0.25) is 0 Å². The van der Waals surface area contributed by atoms with Crippen LogP contribution in [-0.4, -0.2) is 42.1 Å².